The highest BCUT2D eigenvalue weighted by molar-refractivity contribution is 5.95. The summed E-state index contributed by atoms with van der Waals surface area (Å²) in [5.74, 6) is 0.201. The Bertz CT molecular complexity index is 873. The smallest absolute Gasteiger partial charge is 0.264 e. The van der Waals surface area contributed by atoms with Gasteiger partial charge in [0, 0.05) is 23.7 Å². The van der Waals surface area contributed by atoms with Crippen molar-refractivity contribution in [1.29, 1.82) is 0 Å². The number of amides is 1. The molecule has 0 bridgehead atoms. The minimum atomic E-state index is -0.392. The lowest BCUT2D eigenvalue weighted by atomic mass is 9.92. The maximum absolute atomic E-state index is 12.7. The second-order valence-corrected chi connectivity index (χ2v) is 7.71. The van der Waals surface area contributed by atoms with E-state index in [1.807, 2.05) is 32.5 Å². The zero-order chi connectivity index (χ0) is 18.4. The Morgan fingerprint density at radius 3 is 2.76 bits per heavy atom. The second-order valence-electron chi connectivity index (χ2n) is 7.71. The van der Waals surface area contributed by atoms with E-state index in [1.54, 1.807) is 13.1 Å². The third-order valence-corrected chi connectivity index (χ3v) is 4.72. The lowest BCUT2D eigenvalue weighted by Gasteiger charge is -2.24. The van der Waals surface area contributed by atoms with E-state index in [0.29, 0.717) is 11.5 Å². The van der Waals surface area contributed by atoms with Gasteiger partial charge in [-0.2, -0.15) is 5.10 Å². The summed E-state index contributed by atoms with van der Waals surface area (Å²) in [6.07, 6.45) is 4.58. The van der Waals surface area contributed by atoms with Crippen LogP contribution < -0.4 is 10.9 Å². The first-order chi connectivity index (χ1) is 11.7. The Hall–Kier alpha value is -2.44. The normalized spacial score (nSPS) is 17.2. The number of carbonyl (C=O) groups excluding carboxylic acids is 1. The van der Waals surface area contributed by atoms with Gasteiger partial charge in [0.2, 0.25) is 0 Å². The molecule has 1 atom stereocenters. The molecule has 0 aromatic carbocycles. The molecule has 134 valence electrons. The van der Waals surface area contributed by atoms with Crippen molar-refractivity contribution in [3.8, 4) is 0 Å². The summed E-state index contributed by atoms with van der Waals surface area (Å²) in [4.78, 5) is 32.4. The van der Waals surface area contributed by atoms with Crippen molar-refractivity contribution in [2.24, 2.45) is 7.05 Å². The van der Waals surface area contributed by atoms with Gasteiger partial charge < -0.3 is 10.3 Å². The van der Waals surface area contributed by atoms with Crippen molar-refractivity contribution in [2.45, 2.75) is 58.4 Å². The van der Waals surface area contributed by atoms with Gasteiger partial charge >= 0.3 is 0 Å². The second kappa shape index (κ2) is 6.13. The third-order valence-electron chi connectivity index (χ3n) is 4.72. The van der Waals surface area contributed by atoms with Crippen LogP contribution in [0.2, 0.25) is 0 Å². The van der Waals surface area contributed by atoms with E-state index in [-0.39, 0.29) is 22.9 Å². The van der Waals surface area contributed by atoms with E-state index in [4.69, 9.17) is 0 Å². The zero-order valence-electron chi connectivity index (χ0n) is 15.4. The molecule has 0 saturated carbocycles. The van der Waals surface area contributed by atoms with Crippen molar-refractivity contribution in [3.05, 3.63) is 44.9 Å². The van der Waals surface area contributed by atoms with Gasteiger partial charge in [-0.1, -0.05) is 20.8 Å². The van der Waals surface area contributed by atoms with Crippen molar-refractivity contribution >= 4 is 5.91 Å². The van der Waals surface area contributed by atoms with Crippen LogP contribution in [-0.2, 0) is 18.9 Å². The van der Waals surface area contributed by atoms with E-state index in [9.17, 15) is 9.59 Å². The standard InChI is InChI=1S/C18H25N5O2/c1-10-14(16(25)22-17(20-10)18(2,3)4)15(24)21-12-7-6-8-13-11(12)9-19-23(13)5/h9,12H,6-8H2,1-5H3,(H,21,24)(H,20,22,25). The molecule has 0 saturated heterocycles. The van der Waals surface area contributed by atoms with Gasteiger partial charge in [-0.25, -0.2) is 4.98 Å². The van der Waals surface area contributed by atoms with Crippen LogP contribution in [0, 0.1) is 6.92 Å². The lowest BCUT2D eigenvalue weighted by Crippen LogP contribution is -2.36. The molecule has 3 rings (SSSR count). The van der Waals surface area contributed by atoms with Gasteiger partial charge in [0.15, 0.2) is 0 Å². The summed E-state index contributed by atoms with van der Waals surface area (Å²) in [5.41, 5.74) is 2.04. The number of nitrogens with one attached hydrogen (secondary N) is 2. The van der Waals surface area contributed by atoms with E-state index in [0.717, 1.165) is 30.5 Å². The fraction of sp³-hybridized carbons (Fsp3) is 0.556. The largest absolute Gasteiger partial charge is 0.345 e. The number of nitrogens with zero attached hydrogens (tertiary/aromatic N) is 3. The molecule has 0 aliphatic heterocycles. The molecule has 2 heterocycles. The predicted octanol–water partition coefficient (Wildman–Crippen LogP) is 1.92. The quantitative estimate of drug-likeness (QED) is 0.871. The molecule has 1 amide bonds. The van der Waals surface area contributed by atoms with Crippen molar-refractivity contribution in [1.82, 2.24) is 25.1 Å². The zero-order valence-corrected chi connectivity index (χ0v) is 15.4. The molecular formula is C18H25N5O2. The van der Waals surface area contributed by atoms with Gasteiger partial charge in [-0.05, 0) is 26.2 Å². The monoisotopic (exact) mass is 343 g/mol. The van der Waals surface area contributed by atoms with E-state index >= 15 is 0 Å². The molecule has 25 heavy (non-hydrogen) atoms. The molecule has 7 nitrogen and oxygen atoms in total. The number of aromatic nitrogens is 4. The summed E-state index contributed by atoms with van der Waals surface area (Å²) in [6.45, 7) is 7.61. The number of hydrogen-bond acceptors (Lipinski definition) is 4. The van der Waals surface area contributed by atoms with Gasteiger partial charge in [0.1, 0.15) is 11.4 Å². The summed E-state index contributed by atoms with van der Waals surface area (Å²) in [6, 6.07) is -0.119. The first-order valence-corrected chi connectivity index (χ1v) is 8.61. The highest BCUT2D eigenvalue weighted by Crippen LogP contribution is 2.29. The predicted molar refractivity (Wildman–Crippen MR) is 94.6 cm³/mol. The molecule has 7 heteroatoms. The molecule has 0 radical (unpaired) electrons. The highest BCUT2D eigenvalue weighted by atomic mass is 16.2. The highest BCUT2D eigenvalue weighted by Gasteiger charge is 2.27. The number of carbonyl (C=O) groups is 1. The fourth-order valence-corrected chi connectivity index (χ4v) is 3.30. The van der Waals surface area contributed by atoms with Crippen molar-refractivity contribution in [3.63, 3.8) is 0 Å². The average molecular weight is 343 g/mol. The molecule has 1 aliphatic carbocycles. The molecular weight excluding hydrogens is 318 g/mol. The third kappa shape index (κ3) is 3.23. The maximum Gasteiger partial charge on any atom is 0.264 e. The Labute approximate surface area is 146 Å². The molecule has 2 aromatic heterocycles. The van der Waals surface area contributed by atoms with Crippen LogP contribution in [0.25, 0.3) is 0 Å². The van der Waals surface area contributed by atoms with Gasteiger partial charge in [-0.15, -0.1) is 0 Å². The summed E-state index contributed by atoms with van der Waals surface area (Å²) in [5, 5.41) is 7.28. The first-order valence-electron chi connectivity index (χ1n) is 8.61. The minimum Gasteiger partial charge on any atom is -0.345 e. The van der Waals surface area contributed by atoms with E-state index in [1.165, 1.54) is 0 Å². The van der Waals surface area contributed by atoms with Crippen LogP contribution in [0.1, 0.15) is 72.8 Å². The van der Waals surface area contributed by atoms with Crippen LogP contribution in [-0.4, -0.2) is 25.7 Å². The maximum atomic E-state index is 12.7. The first kappa shape index (κ1) is 17.4. The summed E-state index contributed by atoms with van der Waals surface area (Å²) in [7, 11) is 1.91. The van der Waals surface area contributed by atoms with E-state index < -0.39 is 5.56 Å². The lowest BCUT2D eigenvalue weighted by molar-refractivity contribution is 0.0929. The van der Waals surface area contributed by atoms with Gasteiger partial charge in [0.05, 0.1) is 17.9 Å². The number of aromatic amines is 1. The van der Waals surface area contributed by atoms with Crippen molar-refractivity contribution in [2.75, 3.05) is 0 Å². The van der Waals surface area contributed by atoms with Gasteiger partial charge in [-0.3, -0.25) is 14.3 Å². The van der Waals surface area contributed by atoms with Crippen LogP contribution in [0.15, 0.2) is 11.0 Å². The van der Waals surface area contributed by atoms with Crippen LogP contribution in [0.4, 0.5) is 0 Å². The Morgan fingerprint density at radius 2 is 2.12 bits per heavy atom. The molecule has 0 fully saturated rings. The average Bonchev–Trinajstić information content (AvgIpc) is 2.88. The van der Waals surface area contributed by atoms with E-state index in [2.05, 4.69) is 20.4 Å². The Kier molecular flexibility index (Phi) is 4.26. The fourth-order valence-electron chi connectivity index (χ4n) is 3.30. The summed E-state index contributed by atoms with van der Waals surface area (Å²) < 4.78 is 1.85. The Balaban J connectivity index is 1.89. The Morgan fingerprint density at radius 1 is 1.40 bits per heavy atom. The molecule has 2 aromatic rings. The molecule has 1 unspecified atom stereocenters. The number of rotatable bonds is 2. The molecule has 0 spiro atoms. The number of aryl methyl sites for hydroxylation is 2. The SMILES string of the molecule is Cc1nc(C(C)(C)C)[nH]c(=O)c1C(=O)NC1CCCc2c1cnn2C. The van der Waals surface area contributed by atoms with Crippen molar-refractivity contribution < 1.29 is 4.79 Å². The van der Waals surface area contributed by atoms with Gasteiger partial charge in [0.25, 0.3) is 11.5 Å². The van der Waals surface area contributed by atoms with Crippen LogP contribution >= 0.6 is 0 Å². The minimum absolute atomic E-state index is 0.0870. The van der Waals surface area contributed by atoms with Crippen LogP contribution in [0.3, 0.4) is 0 Å². The summed E-state index contributed by atoms with van der Waals surface area (Å²) >= 11 is 0. The van der Waals surface area contributed by atoms with Crippen LogP contribution in [0.5, 0.6) is 0 Å². The molecule has 1 aliphatic rings. The number of H-pyrrole nitrogens is 1. The number of hydrogen-bond donors (Lipinski definition) is 2. The topological polar surface area (TPSA) is 92.7 Å². The molecule has 2 N–H and O–H groups in total. The number of fused-ring (bicyclic) bond motifs is 1.